The first-order chi connectivity index (χ1) is 8.36. The van der Waals surface area contributed by atoms with E-state index in [-0.39, 0.29) is 5.60 Å². The van der Waals surface area contributed by atoms with Gasteiger partial charge in [-0.3, -0.25) is 0 Å². The van der Waals surface area contributed by atoms with E-state index < -0.39 is 0 Å². The van der Waals surface area contributed by atoms with Crippen molar-refractivity contribution in [3.63, 3.8) is 0 Å². The molecule has 2 unspecified atom stereocenters. The van der Waals surface area contributed by atoms with Crippen LogP contribution in [0, 0.1) is 0 Å². The van der Waals surface area contributed by atoms with Crippen molar-refractivity contribution in [2.45, 2.75) is 69.1 Å². The van der Waals surface area contributed by atoms with Crippen LogP contribution in [0.4, 0.5) is 0 Å². The van der Waals surface area contributed by atoms with Gasteiger partial charge in [0.05, 0.1) is 24.9 Å². The normalized spacial score (nSPS) is 36.0. The molecule has 2 heterocycles. The summed E-state index contributed by atoms with van der Waals surface area (Å²) in [4.78, 5) is 0. The Labute approximate surface area is 104 Å². The maximum Gasteiger partial charge on any atom is 0.0817 e. The molecule has 0 bridgehead atoms. The molecule has 0 aromatic rings. The Morgan fingerprint density at radius 2 is 1.94 bits per heavy atom. The summed E-state index contributed by atoms with van der Waals surface area (Å²) in [6, 6.07) is 0.594. The molecule has 0 radical (unpaired) electrons. The van der Waals surface area contributed by atoms with Crippen LogP contribution in [-0.4, -0.2) is 37.5 Å². The molecule has 0 amide bonds. The molecule has 1 aliphatic carbocycles. The molecular formula is C14H25NO2. The van der Waals surface area contributed by atoms with E-state index in [1.165, 1.54) is 51.4 Å². The maximum atomic E-state index is 6.23. The van der Waals surface area contributed by atoms with E-state index in [9.17, 15) is 0 Å². The molecule has 3 aliphatic rings. The van der Waals surface area contributed by atoms with Crippen molar-refractivity contribution in [1.82, 2.24) is 5.32 Å². The van der Waals surface area contributed by atoms with Crippen LogP contribution in [0.5, 0.6) is 0 Å². The summed E-state index contributed by atoms with van der Waals surface area (Å²) >= 11 is 0. The fourth-order valence-electron chi connectivity index (χ4n) is 3.64. The average molecular weight is 239 g/mol. The van der Waals surface area contributed by atoms with Gasteiger partial charge in [-0.2, -0.15) is 0 Å². The minimum Gasteiger partial charge on any atom is -0.377 e. The van der Waals surface area contributed by atoms with Gasteiger partial charge in [0, 0.05) is 6.04 Å². The molecule has 2 atom stereocenters. The van der Waals surface area contributed by atoms with E-state index >= 15 is 0 Å². The molecule has 3 rings (SSSR count). The van der Waals surface area contributed by atoms with E-state index in [1.807, 2.05) is 0 Å². The van der Waals surface area contributed by atoms with Gasteiger partial charge >= 0.3 is 0 Å². The van der Waals surface area contributed by atoms with Gasteiger partial charge in [-0.15, -0.1) is 0 Å². The standard InChI is InChI=1S/C14H25NO2/c1-2-7-14(6-1)8-5-13(17-14)11-16-10-12-4-3-9-15-12/h12-13,15H,1-11H2. The average Bonchev–Trinajstić information content (AvgIpc) is 3.04. The summed E-state index contributed by atoms with van der Waals surface area (Å²) < 4.78 is 12.0. The third-order valence-corrected chi connectivity index (χ3v) is 4.64. The van der Waals surface area contributed by atoms with Crippen LogP contribution < -0.4 is 5.32 Å². The van der Waals surface area contributed by atoms with E-state index in [1.54, 1.807) is 0 Å². The van der Waals surface area contributed by atoms with Gasteiger partial charge in [0.1, 0.15) is 0 Å². The second-order valence-corrected chi connectivity index (χ2v) is 6.00. The van der Waals surface area contributed by atoms with E-state index in [0.717, 1.165) is 19.8 Å². The van der Waals surface area contributed by atoms with Crippen LogP contribution in [0.1, 0.15) is 51.4 Å². The first kappa shape index (κ1) is 11.9. The molecule has 1 saturated carbocycles. The molecule has 1 spiro atoms. The number of nitrogens with one attached hydrogen (secondary N) is 1. The van der Waals surface area contributed by atoms with Gasteiger partial charge in [0.2, 0.25) is 0 Å². The Bertz CT molecular complexity index is 245. The zero-order valence-corrected chi connectivity index (χ0v) is 10.7. The van der Waals surface area contributed by atoms with Crippen LogP contribution in [-0.2, 0) is 9.47 Å². The Balaban J connectivity index is 1.36. The summed E-state index contributed by atoms with van der Waals surface area (Å²) in [5.74, 6) is 0. The minimum absolute atomic E-state index is 0.264. The van der Waals surface area contributed by atoms with Crippen LogP contribution in [0.2, 0.25) is 0 Å². The zero-order chi connectivity index (χ0) is 11.6. The van der Waals surface area contributed by atoms with Crippen LogP contribution >= 0.6 is 0 Å². The smallest absolute Gasteiger partial charge is 0.0817 e. The predicted molar refractivity (Wildman–Crippen MR) is 67.1 cm³/mol. The number of hydrogen-bond acceptors (Lipinski definition) is 3. The highest BCUT2D eigenvalue weighted by Crippen LogP contribution is 2.43. The van der Waals surface area contributed by atoms with Crippen LogP contribution in [0.15, 0.2) is 0 Å². The molecule has 3 fully saturated rings. The first-order valence-electron chi connectivity index (χ1n) is 7.35. The molecule has 0 aromatic heterocycles. The molecule has 1 N–H and O–H groups in total. The van der Waals surface area contributed by atoms with E-state index in [4.69, 9.17) is 9.47 Å². The van der Waals surface area contributed by atoms with Crippen molar-refractivity contribution >= 4 is 0 Å². The van der Waals surface area contributed by atoms with Crippen LogP contribution in [0.25, 0.3) is 0 Å². The highest BCUT2D eigenvalue weighted by molar-refractivity contribution is 4.92. The number of ether oxygens (including phenoxy) is 2. The van der Waals surface area contributed by atoms with Gasteiger partial charge in [0.15, 0.2) is 0 Å². The number of rotatable bonds is 4. The van der Waals surface area contributed by atoms with Crippen molar-refractivity contribution in [3.8, 4) is 0 Å². The summed E-state index contributed by atoms with van der Waals surface area (Å²) in [7, 11) is 0. The lowest BCUT2D eigenvalue weighted by Crippen LogP contribution is -2.30. The highest BCUT2D eigenvalue weighted by atomic mass is 16.6. The monoisotopic (exact) mass is 239 g/mol. The minimum atomic E-state index is 0.264. The van der Waals surface area contributed by atoms with Gasteiger partial charge < -0.3 is 14.8 Å². The van der Waals surface area contributed by atoms with E-state index in [2.05, 4.69) is 5.32 Å². The predicted octanol–water partition coefficient (Wildman–Crippen LogP) is 2.25. The summed E-state index contributed by atoms with van der Waals surface area (Å²) in [6.45, 7) is 2.84. The third kappa shape index (κ3) is 2.83. The lowest BCUT2D eigenvalue weighted by Gasteiger charge is -2.24. The van der Waals surface area contributed by atoms with Crippen molar-refractivity contribution < 1.29 is 9.47 Å². The number of hydrogen-bond donors (Lipinski definition) is 1. The largest absolute Gasteiger partial charge is 0.377 e. The molecule has 17 heavy (non-hydrogen) atoms. The molecule has 0 aromatic carbocycles. The molecule has 2 aliphatic heterocycles. The van der Waals surface area contributed by atoms with Crippen molar-refractivity contribution in [2.24, 2.45) is 0 Å². The summed E-state index contributed by atoms with van der Waals surface area (Å²) in [6.07, 6.45) is 10.7. The molecule has 2 saturated heterocycles. The SMILES string of the molecule is C1CNC(COCC2CCC3(CCCC3)O2)C1. The third-order valence-electron chi connectivity index (χ3n) is 4.64. The van der Waals surface area contributed by atoms with Gasteiger partial charge in [-0.1, -0.05) is 12.8 Å². The van der Waals surface area contributed by atoms with Crippen molar-refractivity contribution in [2.75, 3.05) is 19.8 Å². The highest BCUT2D eigenvalue weighted by Gasteiger charge is 2.42. The molecule has 98 valence electrons. The van der Waals surface area contributed by atoms with Gasteiger partial charge in [-0.05, 0) is 45.1 Å². The molecular weight excluding hydrogens is 214 g/mol. The fourth-order valence-corrected chi connectivity index (χ4v) is 3.64. The quantitative estimate of drug-likeness (QED) is 0.816. The topological polar surface area (TPSA) is 30.5 Å². The Kier molecular flexibility index (Phi) is 3.69. The Hall–Kier alpha value is -0.120. The van der Waals surface area contributed by atoms with Gasteiger partial charge in [0.25, 0.3) is 0 Å². The van der Waals surface area contributed by atoms with Gasteiger partial charge in [-0.25, -0.2) is 0 Å². The van der Waals surface area contributed by atoms with Crippen molar-refractivity contribution in [1.29, 1.82) is 0 Å². The molecule has 3 nitrogen and oxygen atoms in total. The first-order valence-corrected chi connectivity index (χ1v) is 7.35. The Morgan fingerprint density at radius 3 is 2.71 bits per heavy atom. The molecule has 3 heteroatoms. The lowest BCUT2D eigenvalue weighted by atomic mass is 9.98. The van der Waals surface area contributed by atoms with Crippen molar-refractivity contribution in [3.05, 3.63) is 0 Å². The Morgan fingerprint density at radius 1 is 1.06 bits per heavy atom. The second-order valence-electron chi connectivity index (χ2n) is 6.00. The maximum absolute atomic E-state index is 6.23. The second kappa shape index (κ2) is 5.25. The summed E-state index contributed by atoms with van der Waals surface area (Å²) in [5, 5.41) is 3.46. The van der Waals surface area contributed by atoms with Crippen LogP contribution in [0.3, 0.4) is 0 Å². The fraction of sp³-hybridized carbons (Fsp3) is 1.00. The lowest BCUT2D eigenvalue weighted by molar-refractivity contribution is -0.0695. The zero-order valence-electron chi connectivity index (χ0n) is 10.7. The van der Waals surface area contributed by atoms with E-state index in [0.29, 0.717) is 12.1 Å². The summed E-state index contributed by atoms with van der Waals surface area (Å²) in [5.41, 5.74) is 0.264.